The van der Waals surface area contributed by atoms with E-state index in [0.717, 1.165) is 60.2 Å². The van der Waals surface area contributed by atoms with Crippen LogP contribution in [0, 0.1) is 23.6 Å². The lowest BCUT2D eigenvalue weighted by Gasteiger charge is -2.32. The number of carboxylic acid groups (broad SMARTS) is 1. The molecule has 3 heterocycles. The Morgan fingerprint density at radius 3 is 2.67 bits per heavy atom. The molecule has 6 rings (SSSR count). The van der Waals surface area contributed by atoms with Gasteiger partial charge >= 0.3 is 5.97 Å². The highest BCUT2D eigenvalue weighted by atomic mass is 19.1. The van der Waals surface area contributed by atoms with Crippen LogP contribution in [0.15, 0.2) is 42.6 Å². The van der Waals surface area contributed by atoms with Crippen molar-refractivity contribution in [2.45, 2.75) is 44.6 Å². The largest absolute Gasteiger partial charge is 0.496 e. The molecule has 4 atom stereocenters. The maximum atomic E-state index is 14.1. The SMILES string of the molecule is COc1ccc(F)cc1-c1ccnc2[nH]c(C3=CCN([C@H]4C[C@H]5C[C@@H](CC(=O)O)C[C@H]5C4)CC3)cc12. The van der Waals surface area contributed by atoms with Gasteiger partial charge in [0.05, 0.1) is 7.11 Å². The second-order valence-corrected chi connectivity index (χ2v) is 10.7. The number of hydrogen-bond acceptors (Lipinski definition) is 4. The molecule has 0 spiro atoms. The van der Waals surface area contributed by atoms with E-state index in [1.54, 1.807) is 19.4 Å². The Morgan fingerprint density at radius 1 is 1.17 bits per heavy atom. The number of aromatic nitrogens is 2. The average Bonchev–Trinajstić information content (AvgIpc) is 3.56. The summed E-state index contributed by atoms with van der Waals surface area (Å²) in [4.78, 5) is 21.7. The number of ether oxygens (including phenoxy) is 1. The number of hydrogen-bond donors (Lipinski definition) is 2. The van der Waals surface area contributed by atoms with E-state index in [1.807, 2.05) is 6.07 Å². The van der Waals surface area contributed by atoms with Crippen LogP contribution in [0.5, 0.6) is 5.75 Å². The Labute approximate surface area is 210 Å². The smallest absolute Gasteiger partial charge is 0.303 e. The molecule has 2 aromatic heterocycles. The van der Waals surface area contributed by atoms with Crippen molar-refractivity contribution in [1.82, 2.24) is 14.9 Å². The molecule has 0 amide bonds. The highest BCUT2D eigenvalue weighted by Crippen LogP contribution is 2.49. The number of H-pyrrole nitrogens is 1. The van der Waals surface area contributed by atoms with Crippen molar-refractivity contribution in [2.75, 3.05) is 20.2 Å². The summed E-state index contributed by atoms with van der Waals surface area (Å²) >= 11 is 0. The summed E-state index contributed by atoms with van der Waals surface area (Å²) in [6.45, 7) is 1.97. The molecule has 0 unspecified atom stereocenters. The van der Waals surface area contributed by atoms with Crippen molar-refractivity contribution in [3.8, 4) is 16.9 Å². The third-order valence-corrected chi connectivity index (χ3v) is 8.64. The molecule has 1 aromatic carbocycles. The number of carbonyl (C=O) groups is 1. The van der Waals surface area contributed by atoms with Gasteiger partial charge in [-0.3, -0.25) is 9.69 Å². The van der Waals surface area contributed by atoms with Crippen molar-refractivity contribution in [3.05, 3.63) is 54.1 Å². The third kappa shape index (κ3) is 4.30. The van der Waals surface area contributed by atoms with Crippen LogP contribution in [-0.2, 0) is 4.79 Å². The summed E-state index contributed by atoms with van der Waals surface area (Å²) in [5, 5.41) is 10.1. The predicted molar refractivity (Wildman–Crippen MR) is 137 cm³/mol. The average molecular weight is 490 g/mol. The number of nitrogens with one attached hydrogen (secondary N) is 1. The minimum Gasteiger partial charge on any atom is -0.496 e. The first kappa shape index (κ1) is 23.2. The molecule has 1 aliphatic heterocycles. The molecule has 0 radical (unpaired) electrons. The maximum absolute atomic E-state index is 14.1. The highest BCUT2D eigenvalue weighted by molar-refractivity contribution is 5.96. The van der Waals surface area contributed by atoms with E-state index >= 15 is 0 Å². The van der Waals surface area contributed by atoms with Crippen LogP contribution >= 0.6 is 0 Å². The van der Waals surface area contributed by atoms with Crippen molar-refractivity contribution < 1.29 is 19.0 Å². The predicted octanol–water partition coefficient (Wildman–Crippen LogP) is 5.75. The number of nitrogens with zero attached hydrogens (tertiary/aromatic N) is 2. The standard InChI is InChI=1S/C29H32FN3O3/c1-36-27-3-2-21(30)15-24(27)23-4-7-31-29-25(23)16-26(32-29)18-5-8-33(9-6-18)22-13-19-10-17(12-28(34)35)11-20(19)14-22/h2-5,7,15-17,19-20,22H,6,8-14H2,1H3,(H,31,32)(H,34,35)/t17-,19-,20+,22+. The van der Waals surface area contributed by atoms with Crippen molar-refractivity contribution in [3.63, 3.8) is 0 Å². The molecular weight excluding hydrogens is 457 g/mol. The van der Waals surface area contributed by atoms with Crippen LogP contribution < -0.4 is 4.74 Å². The molecule has 7 heteroatoms. The van der Waals surface area contributed by atoms with E-state index < -0.39 is 5.97 Å². The van der Waals surface area contributed by atoms with Crippen LogP contribution in [0.2, 0.25) is 0 Å². The Kier molecular flexibility index (Phi) is 6.04. The van der Waals surface area contributed by atoms with Gasteiger partial charge in [-0.1, -0.05) is 6.08 Å². The normalized spacial score (nSPS) is 26.2. The van der Waals surface area contributed by atoms with Crippen molar-refractivity contribution >= 4 is 22.6 Å². The van der Waals surface area contributed by atoms with Crippen LogP contribution in [0.25, 0.3) is 27.7 Å². The van der Waals surface area contributed by atoms with Crippen molar-refractivity contribution in [2.24, 2.45) is 17.8 Å². The second-order valence-electron chi connectivity index (χ2n) is 10.7. The van der Waals surface area contributed by atoms with Gasteiger partial charge in [-0.25, -0.2) is 9.37 Å². The van der Waals surface area contributed by atoms with E-state index in [1.165, 1.54) is 30.5 Å². The van der Waals surface area contributed by atoms with Gasteiger partial charge in [-0.05, 0) is 91.3 Å². The first-order valence-corrected chi connectivity index (χ1v) is 13.0. The lowest BCUT2D eigenvalue weighted by Crippen LogP contribution is -2.37. The summed E-state index contributed by atoms with van der Waals surface area (Å²) < 4.78 is 19.6. The second kappa shape index (κ2) is 9.36. The fraction of sp³-hybridized carbons (Fsp3) is 0.448. The summed E-state index contributed by atoms with van der Waals surface area (Å²) in [5.41, 5.74) is 4.77. The van der Waals surface area contributed by atoms with Crippen LogP contribution in [0.3, 0.4) is 0 Å². The molecule has 6 nitrogen and oxygen atoms in total. The number of pyridine rings is 1. The quantitative estimate of drug-likeness (QED) is 0.461. The minimum absolute atomic E-state index is 0.296. The lowest BCUT2D eigenvalue weighted by molar-refractivity contribution is -0.138. The molecular formula is C29H32FN3O3. The fourth-order valence-electron chi connectivity index (χ4n) is 7.01. The van der Waals surface area contributed by atoms with E-state index in [0.29, 0.717) is 36.0 Å². The van der Waals surface area contributed by atoms with Crippen LogP contribution in [0.1, 0.15) is 44.2 Å². The molecule has 0 bridgehead atoms. The van der Waals surface area contributed by atoms with Gasteiger partial charge in [0.2, 0.25) is 0 Å². The van der Waals surface area contributed by atoms with Gasteiger partial charge in [0.15, 0.2) is 0 Å². The first-order chi connectivity index (χ1) is 17.5. The Balaban J connectivity index is 1.18. The lowest BCUT2D eigenvalue weighted by atomic mass is 9.97. The maximum Gasteiger partial charge on any atom is 0.303 e. The number of carboxylic acids is 1. The van der Waals surface area contributed by atoms with Crippen LogP contribution in [0.4, 0.5) is 4.39 Å². The van der Waals surface area contributed by atoms with Crippen molar-refractivity contribution in [1.29, 1.82) is 0 Å². The van der Waals surface area contributed by atoms with Gasteiger partial charge in [0.25, 0.3) is 0 Å². The number of halogens is 1. The monoisotopic (exact) mass is 489 g/mol. The molecule has 0 saturated heterocycles. The van der Waals surface area contributed by atoms with Gasteiger partial charge < -0.3 is 14.8 Å². The molecule has 2 saturated carbocycles. The Bertz CT molecular complexity index is 1320. The number of benzene rings is 1. The molecule has 3 aromatic rings. The number of aromatic amines is 1. The topological polar surface area (TPSA) is 78.5 Å². The van der Waals surface area contributed by atoms with E-state index in [4.69, 9.17) is 9.84 Å². The van der Waals surface area contributed by atoms with Gasteiger partial charge in [0, 0.05) is 48.4 Å². The molecule has 2 fully saturated rings. The molecule has 2 N–H and O–H groups in total. The Hall–Kier alpha value is -3.19. The Morgan fingerprint density at radius 2 is 1.97 bits per heavy atom. The zero-order valence-corrected chi connectivity index (χ0v) is 20.5. The number of rotatable bonds is 6. The number of fused-ring (bicyclic) bond motifs is 2. The third-order valence-electron chi connectivity index (χ3n) is 8.64. The van der Waals surface area contributed by atoms with E-state index in [2.05, 4.69) is 27.0 Å². The molecule has 2 aliphatic carbocycles. The summed E-state index contributed by atoms with van der Waals surface area (Å²) in [5.74, 6) is 1.45. The highest BCUT2D eigenvalue weighted by Gasteiger charge is 2.43. The van der Waals surface area contributed by atoms with Crippen LogP contribution in [-0.4, -0.2) is 52.2 Å². The summed E-state index contributed by atoms with van der Waals surface area (Å²) in [6.07, 6.45) is 9.97. The van der Waals surface area contributed by atoms with Gasteiger partial charge in [-0.2, -0.15) is 0 Å². The van der Waals surface area contributed by atoms with Gasteiger partial charge in [0.1, 0.15) is 17.2 Å². The molecule has 36 heavy (non-hydrogen) atoms. The number of aliphatic carboxylic acids is 1. The van der Waals surface area contributed by atoms with Gasteiger partial charge in [-0.15, -0.1) is 0 Å². The molecule has 3 aliphatic rings. The zero-order valence-electron chi connectivity index (χ0n) is 20.5. The van der Waals surface area contributed by atoms with E-state index in [-0.39, 0.29) is 5.82 Å². The summed E-state index contributed by atoms with van der Waals surface area (Å²) in [7, 11) is 1.60. The zero-order chi connectivity index (χ0) is 24.8. The van der Waals surface area contributed by atoms with E-state index in [9.17, 15) is 9.18 Å². The minimum atomic E-state index is -0.653. The number of methoxy groups -OCH3 is 1. The molecule has 188 valence electrons. The fourth-order valence-corrected chi connectivity index (χ4v) is 7.01. The summed E-state index contributed by atoms with van der Waals surface area (Å²) in [6, 6.07) is 9.23. The first-order valence-electron chi connectivity index (χ1n) is 13.0.